The van der Waals surface area contributed by atoms with Crippen LogP contribution in [0, 0.1) is 6.92 Å². The van der Waals surface area contributed by atoms with Crippen molar-refractivity contribution in [2.75, 3.05) is 10.6 Å². The van der Waals surface area contributed by atoms with Crippen LogP contribution in [0.4, 0.5) is 11.5 Å². The Bertz CT molecular complexity index is 713. The molecule has 1 aromatic heterocycles. The fraction of sp³-hybridized carbons (Fsp3) is 0.353. The predicted molar refractivity (Wildman–Crippen MR) is 92.1 cm³/mol. The highest BCUT2D eigenvalue weighted by Crippen LogP contribution is 2.22. The summed E-state index contributed by atoms with van der Waals surface area (Å²) < 4.78 is 0. The van der Waals surface area contributed by atoms with Crippen LogP contribution in [-0.4, -0.2) is 21.9 Å². The van der Waals surface area contributed by atoms with E-state index >= 15 is 0 Å². The van der Waals surface area contributed by atoms with Gasteiger partial charge in [0, 0.05) is 22.8 Å². The molecule has 1 fully saturated rings. The van der Waals surface area contributed by atoms with Crippen molar-refractivity contribution in [2.24, 2.45) is 0 Å². The summed E-state index contributed by atoms with van der Waals surface area (Å²) in [6.07, 6.45) is 4.77. The van der Waals surface area contributed by atoms with Gasteiger partial charge >= 0.3 is 0 Å². The Morgan fingerprint density at radius 3 is 2.74 bits per heavy atom. The highest BCUT2D eigenvalue weighted by Gasteiger charge is 2.17. The Morgan fingerprint density at radius 1 is 1.22 bits per heavy atom. The summed E-state index contributed by atoms with van der Waals surface area (Å²) in [4.78, 5) is 21.0. The molecular formula is C17H19ClN4O. The van der Waals surface area contributed by atoms with Crippen LogP contribution >= 0.6 is 11.6 Å². The number of nitrogens with zero attached hydrogens (tertiary/aromatic N) is 2. The van der Waals surface area contributed by atoms with E-state index in [0.29, 0.717) is 34.1 Å². The number of halogens is 1. The predicted octanol–water partition coefficient (Wildman–Crippen LogP) is 4.05. The number of hydrogen-bond donors (Lipinski definition) is 2. The van der Waals surface area contributed by atoms with E-state index in [-0.39, 0.29) is 5.91 Å². The molecule has 1 aliphatic rings. The van der Waals surface area contributed by atoms with Crippen molar-refractivity contribution >= 4 is 29.0 Å². The number of rotatable bonds is 4. The second-order valence-electron chi connectivity index (χ2n) is 5.78. The third-order valence-electron chi connectivity index (χ3n) is 3.86. The number of benzene rings is 1. The Balaban J connectivity index is 1.75. The molecule has 1 aliphatic carbocycles. The summed E-state index contributed by atoms with van der Waals surface area (Å²) in [5.74, 6) is 1.01. The lowest BCUT2D eigenvalue weighted by Crippen LogP contribution is -2.19. The molecule has 6 heteroatoms. The lowest BCUT2D eigenvalue weighted by Gasteiger charge is -2.14. The molecule has 0 aliphatic heterocycles. The molecule has 23 heavy (non-hydrogen) atoms. The van der Waals surface area contributed by atoms with Crippen LogP contribution < -0.4 is 10.6 Å². The summed E-state index contributed by atoms with van der Waals surface area (Å²) in [6, 6.07) is 9.17. The summed E-state index contributed by atoms with van der Waals surface area (Å²) in [5.41, 5.74) is 0.988. The largest absolute Gasteiger partial charge is 0.367 e. The molecule has 0 saturated heterocycles. The molecule has 1 aromatic carbocycles. The normalized spacial score (nSPS) is 14.7. The first kappa shape index (κ1) is 15.7. The van der Waals surface area contributed by atoms with Crippen molar-refractivity contribution in [3.05, 3.63) is 46.9 Å². The highest BCUT2D eigenvalue weighted by molar-refractivity contribution is 6.30. The van der Waals surface area contributed by atoms with E-state index in [4.69, 9.17) is 11.6 Å². The van der Waals surface area contributed by atoms with E-state index in [1.54, 1.807) is 37.3 Å². The minimum atomic E-state index is -0.271. The molecule has 3 rings (SSSR count). The minimum absolute atomic E-state index is 0.271. The van der Waals surface area contributed by atoms with E-state index in [9.17, 15) is 4.79 Å². The molecule has 0 spiro atoms. The average molecular weight is 331 g/mol. The number of carbonyl (C=O) groups is 1. The monoisotopic (exact) mass is 330 g/mol. The van der Waals surface area contributed by atoms with Gasteiger partial charge in [-0.1, -0.05) is 30.5 Å². The van der Waals surface area contributed by atoms with Gasteiger partial charge in [-0.2, -0.15) is 0 Å². The topological polar surface area (TPSA) is 66.9 Å². The zero-order valence-electron chi connectivity index (χ0n) is 13.0. The van der Waals surface area contributed by atoms with Gasteiger partial charge in [-0.05, 0) is 38.0 Å². The van der Waals surface area contributed by atoms with Crippen molar-refractivity contribution in [2.45, 2.75) is 38.6 Å². The molecule has 2 aromatic rings. The van der Waals surface area contributed by atoms with Crippen molar-refractivity contribution in [3.8, 4) is 0 Å². The zero-order chi connectivity index (χ0) is 16.2. The lowest BCUT2D eigenvalue weighted by molar-refractivity contribution is 0.102. The van der Waals surface area contributed by atoms with Crippen LogP contribution in [0.3, 0.4) is 0 Å². The van der Waals surface area contributed by atoms with Gasteiger partial charge in [-0.25, -0.2) is 9.97 Å². The number of anilines is 2. The smallest absolute Gasteiger partial charge is 0.274 e. The van der Waals surface area contributed by atoms with Crippen LogP contribution in [0.2, 0.25) is 5.02 Å². The van der Waals surface area contributed by atoms with Crippen molar-refractivity contribution in [1.29, 1.82) is 0 Å². The summed E-state index contributed by atoms with van der Waals surface area (Å²) in [5, 5.41) is 6.78. The molecule has 1 heterocycles. The second-order valence-corrected chi connectivity index (χ2v) is 6.21. The molecule has 0 radical (unpaired) electrons. The zero-order valence-corrected chi connectivity index (χ0v) is 13.7. The second kappa shape index (κ2) is 6.96. The first-order valence-electron chi connectivity index (χ1n) is 7.79. The minimum Gasteiger partial charge on any atom is -0.367 e. The van der Waals surface area contributed by atoms with E-state index < -0.39 is 0 Å². The van der Waals surface area contributed by atoms with Crippen LogP contribution in [-0.2, 0) is 0 Å². The molecule has 0 unspecified atom stereocenters. The maximum absolute atomic E-state index is 12.4. The molecule has 0 bridgehead atoms. The quantitative estimate of drug-likeness (QED) is 0.887. The van der Waals surface area contributed by atoms with Crippen LogP contribution in [0.5, 0.6) is 0 Å². The van der Waals surface area contributed by atoms with Crippen molar-refractivity contribution in [3.63, 3.8) is 0 Å². The average Bonchev–Trinajstić information content (AvgIpc) is 2.99. The molecule has 0 atom stereocenters. The number of hydrogen-bond acceptors (Lipinski definition) is 4. The van der Waals surface area contributed by atoms with Crippen LogP contribution in [0.15, 0.2) is 30.3 Å². The van der Waals surface area contributed by atoms with E-state index in [1.165, 1.54) is 12.8 Å². The molecule has 1 amide bonds. The Kier molecular flexibility index (Phi) is 4.76. The molecule has 2 N–H and O–H groups in total. The van der Waals surface area contributed by atoms with Gasteiger partial charge in [0.1, 0.15) is 17.3 Å². The third kappa shape index (κ3) is 4.20. The fourth-order valence-corrected chi connectivity index (χ4v) is 2.99. The first-order chi connectivity index (χ1) is 11.1. The fourth-order valence-electron chi connectivity index (χ4n) is 2.80. The number of aryl methyl sites for hydroxylation is 1. The Labute approximate surface area is 140 Å². The maximum atomic E-state index is 12.4. The number of nitrogens with one attached hydrogen (secondary N) is 2. The van der Waals surface area contributed by atoms with Crippen LogP contribution in [0.25, 0.3) is 0 Å². The summed E-state index contributed by atoms with van der Waals surface area (Å²) >= 11 is 5.93. The van der Waals surface area contributed by atoms with Gasteiger partial charge < -0.3 is 10.6 Å². The SMILES string of the molecule is Cc1nc(NC2CCCC2)cc(C(=O)Nc2cccc(Cl)c2)n1. The molecule has 1 saturated carbocycles. The number of aromatic nitrogens is 2. The first-order valence-corrected chi connectivity index (χ1v) is 8.17. The Morgan fingerprint density at radius 2 is 2.00 bits per heavy atom. The van der Waals surface area contributed by atoms with Crippen LogP contribution in [0.1, 0.15) is 42.0 Å². The molecule has 5 nitrogen and oxygen atoms in total. The van der Waals surface area contributed by atoms with E-state index in [2.05, 4.69) is 20.6 Å². The van der Waals surface area contributed by atoms with Gasteiger partial charge in [0.05, 0.1) is 0 Å². The highest BCUT2D eigenvalue weighted by atomic mass is 35.5. The summed E-state index contributed by atoms with van der Waals surface area (Å²) in [6.45, 7) is 1.79. The Hall–Kier alpha value is -2.14. The number of carbonyl (C=O) groups excluding carboxylic acids is 1. The van der Waals surface area contributed by atoms with Crippen molar-refractivity contribution in [1.82, 2.24) is 9.97 Å². The van der Waals surface area contributed by atoms with Crippen molar-refractivity contribution < 1.29 is 4.79 Å². The maximum Gasteiger partial charge on any atom is 0.274 e. The van der Waals surface area contributed by atoms with Gasteiger partial charge in [0.15, 0.2) is 0 Å². The standard InChI is InChI=1S/C17H19ClN4O/c1-11-19-15(10-16(20-11)21-13-6-2-3-7-13)17(23)22-14-8-4-5-12(18)9-14/h4-5,8-10,13H,2-3,6-7H2,1H3,(H,22,23)(H,19,20,21). The van der Waals surface area contributed by atoms with Gasteiger partial charge in [0.25, 0.3) is 5.91 Å². The summed E-state index contributed by atoms with van der Waals surface area (Å²) in [7, 11) is 0. The molecular weight excluding hydrogens is 312 g/mol. The van der Waals surface area contributed by atoms with Gasteiger partial charge in [-0.15, -0.1) is 0 Å². The van der Waals surface area contributed by atoms with E-state index in [0.717, 1.165) is 12.8 Å². The lowest BCUT2D eigenvalue weighted by atomic mass is 10.2. The van der Waals surface area contributed by atoms with Gasteiger partial charge in [-0.3, -0.25) is 4.79 Å². The van der Waals surface area contributed by atoms with Gasteiger partial charge in [0.2, 0.25) is 0 Å². The number of amides is 1. The third-order valence-corrected chi connectivity index (χ3v) is 4.10. The van der Waals surface area contributed by atoms with E-state index in [1.807, 2.05) is 0 Å². The molecule has 120 valence electrons.